The van der Waals surface area contributed by atoms with Gasteiger partial charge >= 0.3 is 12.0 Å². The van der Waals surface area contributed by atoms with E-state index in [0.717, 1.165) is 5.82 Å². The highest BCUT2D eigenvalue weighted by Crippen LogP contribution is 2.09. The van der Waals surface area contributed by atoms with Crippen molar-refractivity contribution < 1.29 is 14.7 Å². The van der Waals surface area contributed by atoms with Crippen molar-refractivity contribution in [3.8, 4) is 0 Å². The minimum atomic E-state index is -1.04. The lowest BCUT2D eigenvalue weighted by Gasteiger charge is -2.05. The SMILES string of the molecule is O=C(NCCc1ncc[nH]1)NCCc1nc(C(=O)O)cs1. The second-order valence-corrected chi connectivity index (χ2v) is 5.09. The number of carboxylic acid groups (broad SMARTS) is 1. The van der Waals surface area contributed by atoms with Crippen molar-refractivity contribution in [3.63, 3.8) is 0 Å². The highest BCUT2D eigenvalue weighted by Gasteiger charge is 2.08. The normalized spacial score (nSPS) is 10.3. The molecule has 0 saturated heterocycles. The molecule has 4 N–H and O–H groups in total. The number of imidazole rings is 1. The number of thiazole rings is 1. The predicted molar refractivity (Wildman–Crippen MR) is 76.5 cm³/mol. The van der Waals surface area contributed by atoms with Gasteiger partial charge in [0, 0.05) is 43.7 Å². The number of aromatic nitrogens is 3. The third-order valence-electron chi connectivity index (χ3n) is 2.60. The second-order valence-electron chi connectivity index (χ2n) is 4.15. The van der Waals surface area contributed by atoms with Gasteiger partial charge in [0.25, 0.3) is 0 Å². The zero-order chi connectivity index (χ0) is 15.1. The van der Waals surface area contributed by atoms with Gasteiger partial charge in [0.15, 0.2) is 5.69 Å². The van der Waals surface area contributed by atoms with E-state index in [1.807, 2.05) is 0 Å². The Morgan fingerprint density at radius 1 is 1.29 bits per heavy atom. The summed E-state index contributed by atoms with van der Waals surface area (Å²) in [5, 5.41) is 16.3. The number of hydrogen-bond acceptors (Lipinski definition) is 5. The molecular weight excluding hydrogens is 294 g/mol. The Kier molecular flexibility index (Phi) is 5.27. The van der Waals surface area contributed by atoms with Crippen molar-refractivity contribution in [2.24, 2.45) is 0 Å². The minimum Gasteiger partial charge on any atom is -0.476 e. The molecule has 21 heavy (non-hydrogen) atoms. The molecule has 8 nitrogen and oxygen atoms in total. The summed E-state index contributed by atoms with van der Waals surface area (Å²) in [6.45, 7) is 0.888. The molecule has 0 radical (unpaired) electrons. The molecule has 0 unspecified atom stereocenters. The first kappa shape index (κ1) is 15.0. The number of rotatable bonds is 7. The monoisotopic (exact) mass is 309 g/mol. The average Bonchev–Trinajstić information content (AvgIpc) is 3.09. The maximum atomic E-state index is 11.5. The molecule has 0 aliphatic carbocycles. The Morgan fingerprint density at radius 3 is 2.67 bits per heavy atom. The van der Waals surface area contributed by atoms with Crippen LogP contribution in [-0.2, 0) is 12.8 Å². The Morgan fingerprint density at radius 2 is 2.05 bits per heavy atom. The molecule has 2 heterocycles. The van der Waals surface area contributed by atoms with Gasteiger partial charge in [0.1, 0.15) is 5.82 Å². The lowest BCUT2D eigenvalue weighted by molar-refractivity contribution is 0.0691. The van der Waals surface area contributed by atoms with Crippen LogP contribution < -0.4 is 10.6 Å². The van der Waals surface area contributed by atoms with Crippen LogP contribution in [0.15, 0.2) is 17.8 Å². The maximum absolute atomic E-state index is 11.5. The van der Waals surface area contributed by atoms with Crippen LogP contribution in [0.2, 0.25) is 0 Å². The summed E-state index contributed by atoms with van der Waals surface area (Å²) in [6, 6.07) is -0.267. The third-order valence-corrected chi connectivity index (χ3v) is 3.51. The summed E-state index contributed by atoms with van der Waals surface area (Å²) in [6.07, 6.45) is 4.53. The largest absolute Gasteiger partial charge is 0.476 e. The van der Waals surface area contributed by atoms with E-state index in [1.165, 1.54) is 16.7 Å². The molecule has 2 aromatic rings. The fourth-order valence-corrected chi connectivity index (χ4v) is 2.37. The molecule has 0 saturated carbocycles. The number of aromatic carboxylic acids is 1. The van der Waals surface area contributed by atoms with E-state index < -0.39 is 5.97 Å². The van der Waals surface area contributed by atoms with Crippen LogP contribution in [0.5, 0.6) is 0 Å². The number of amides is 2. The van der Waals surface area contributed by atoms with Crippen molar-refractivity contribution >= 4 is 23.3 Å². The first-order chi connectivity index (χ1) is 10.1. The van der Waals surface area contributed by atoms with Crippen molar-refractivity contribution in [3.05, 3.63) is 34.3 Å². The van der Waals surface area contributed by atoms with Crippen LogP contribution in [0.3, 0.4) is 0 Å². The minimum absolute atomic E-state index is 0.0397. The van der Waals surface area contributed by atoms with Gasteiger partial charge < -0.3 is 20.7 Å². The molecule has 2 aromatic heterocycles. The topological polar surface area (TPSA) is 120 Å². The van der Waals surface area contributed by atoms with Gasteiger partial charge in [0.2, 0.25) is 0 Å². The molecule has 0 fully saturated rings. The number of carboxylic acids is 1. The molecule has 2 amide bonds. The van der Waals surface area contributed by atoms with Gasteiger partial charge in [-0.15, -0.1) is 11.3 Å². The molecule has 9 heteroatoms. The van der Waals surface area contributed by atoms with Crippen molar-refractivity contribution in [1.29, 1.82) is 0 Å². The Hall–Kier alpha value is -2.42. The Balaban J connectivity index is 1.61. The summed E-state index contributed by atoms with van der Waals surface area (Å²) in [5.41, 5.74) is 0.0397. The molecule has 0 spiro atoms. The van der Waals surface area contributed by atoms with E-state index in [-0.39, 0.29) is 11.7 Å². The highest BCUT2D eigenvalue weighted by atomic mass is 32.1. The van der Waals surface area contributed by atoms with Gasteiger partial charge in [-0.05, 0) is 0 Å². The number of carbonyl (C=O) groups excluding carboxylic acids is 1. The number of aromatic amines is 1. The number of nitrogens with one attached hydrogen (secondary N) is 3. The van der Waals surface area contributed by atoms with E-state index >= 15 is 0 Å². The molecule has 0 bridgehead atoms. The van der Waals surface area contributed by atoms with E-state index in [0.29, 0.717) is 30.9 Å². The number of urea groups is 1. The zero-order valence-corrected chi connectivity index (χ0v) is 11.9. The summed E-state index contributed by atoms with van der Waals surface area (Å²) in [4.78, 5) is 33.1. The predicted octanol–water partition coefficient (Wildman–Crippen LogP) is 0.649. The van der Waals surface area contributed by atoms with Crippen LogP contribution >= 0.6 is 11.3 Å². The van der Waals surface area contributed by atoms with Crippen LogP contribution in [-0.4, -0.2) is 45.1 Å². The average molecular weight is 309 g/mol. The van der Waals surface area contributed by atoms with Gasteiger partial charge in [-0.25, -0.2) is 19.6 Å². The fourth-order valence-electron chi connectivity index (χ4n) is 1.60. The van der Waals surface area contributed by atoms with Gasteiger partial charge in [-0.2, -0.15) is 0 Å². The quantitative estimate of drug-likeness (QED) is 0.598. The van der Waals surface area contributed by atoms with E-state index in [1.54, 1.807) is 12.4 Å². The summed E-state index contributed by atoms with van der Waals surface area (Å²) < 4.78 is 0. The number of hydrogen-bond donors (Lipinski definition) is 4. The summed E-state index contributed by atoms with van der Waals surface area (Å²) in [5.74, 6) is -0.222. The lowest BCUT2D eigenvalue weighted by Crippen LogP contribution is -2.37. The van der Waals surface area contributed by atoms with Gasteiger partial charge in [-0.3, -0.25) is 0 Å². The van der Waals surface area contributed by atoms with Gasteiger partial charge in [0.05, 0.1) is 5.01 Å². The number of nitrogens with zero attached hydrogens (tertiary/aromatic N) is 2. The second kappa shape index (κ2) is 7.39. The fraction of sp³-hybridized carbons (Fsp3) is 0.333. The van der Waals surface area contributed by atoms with Gasteiger partial charge in [-0.1, -0.05) is 0 Å². The molecule has 0 aromatic carbocycles. The van der Waals surface area contributed by atoms with Crippen LogP contribution in [0.4, 0.5) is 4.79 Å². The zero-order valence-electron chi connectivity index (χ0n) is 11.1. The van der Waals surface area contributed by atoms with Crippen LogP contribution in [0.25, 0.3) is 0 Å². The number of H-pyrrole nitrogens is 1. The van der Waals surface area contributed by atoms with Crippen LogP contribution in [0.1, 0.15) is 21.3 Å². The molecule has 0 atom stereocenters. The summed E-state index contributed by atoms with van der Waals surface area (Å²) >= 11 is 1.27. The summed E-state index contributed by atoms with van der Waals surface area (Å²) in [7, 11) is 0. The molecular formula is C12H15N5O3S. The lowest BCUT2D eigenvalue weighted by atomic mass is 10.4. The molecule has 0 aliphatic heterocycles. The smallest absolute Gasteiger partial charge is 0.355 e. The van der Waals surface area contributed by atoms with E-state index in [2.05, 4.69) is 25.6 Å². The first-order valence-corrected chi connectivity index (χ1v) is 7.21. The van der Waals surface area contributed by atoms with Crippen LogP contribution in [0, 0.1) is 0 Å². The molecule has 0 aliphatic rings. The maximum Gasteiger partial charge on any atom is 0.355 e. The van der Waals surface area contributed by atoms with E-state index in [9.17, 15) is 9.59 Å². The standard InChI is InChI=1S/C12H15N5O3S/c18-11(19)8-7-21-10(17-8)2-4-16-12(20)15-3-1-9-13-5-6-14-9/h5-7H,1-4H2,(H,13,14)(H,18,19)(H2,15,16,20). The van der Waals surface area contributed by atoms with Crippen molar-refractivity contribution in [1.82, 2.24) is 25.6 Å². The Labute approximate surface area is 124 Å². The highest BCUT2D eigenvalue weighted by molar-refractivity contribution is 7.09. The molecule has 2 rings (SSSR count). The number of carbonyl (C=O) groups is 2. The Bertz CT molecular complexity index is 596. The van der Waals surface area contributed by atoms with Crippen molar-refractivity contribution in [2.75, 3.05) is 13.1 Å². The first-order valence-electron chi connectivity index (χ1n) is 6.33. The van der Waals surface area contributed by atoms with Crippen molar-refractivity contribution in [2.45, 2.75) is 12.8 Å². The third kappa shape index (κ3) is 4.88. The van der Waals surface area contributed by atoms with E-state index in [4.69, 9.17) is 5.11 Å². The molecule has 112 valence electrons.